The number of nitrogens with two attached hydrogens (primary N) is 1. The summed E-state index contributed by atoms with van der Waals surface area (Å²) in [5, 5.41) is 2.54. The summed E-state index contributed by atoms with van der Waals surface area (Å²) in [6.07, 6.45) is -1.33. The molecule has 0 bridgehead atoms. The molecule has 1 atom stereocenters. The highest BCUT2D eigenvalue weighted by atomic mass is 35.5. The van der Waals surface area contributed by atoms with Crippen LogP contribution in [-0.2, 0) is 20.7 Å². The normalized spacial score (nSPS) is 11.9. The average Bonchev–Trinajstić information content (AvgIpc) is 2.39. The van der Waals surface area contributed by atoms with Gasteiger partial charge in [-0.05, 0) is 18.1 Å². The Kier molecular flexibility index (Phi) is 6.64. The van der Waals surface area contributed by atoms with Gasteiger partial charge in [0.1, 0.15) is 0 Å². The number of hydrogen-bond donors (Lipinski definition) is 2. The van der Waals surface area contributed by atoms with Gasteiger partial charge in [0.2, 0.25) is 0 Å². The van der Waals surface area contributed by atoms with Gasteiger partial charge in [-0.3, -0.25) is 14.9 Å². The maximum Gasteiger partial charge on any atom is 0.318 e. The van der Waals surface area contributed by atoms with Gasteiger partial charge in [0.15, 0.2) is 6.10 Å². The lowest BCUT2D eigenvalue weighted by Crippen LogP contribution is -2.45. The molecule has 0 heterocycles. The zero-order valence-corrected chi connectivity index (χ0v) is 13.6. The van der Waals surface area contributed by atoms with E-state index in [1.54, 1.807) is 32.0 Å². The van der Waals surface area contributed by atoms with Gasteiger partial charge in [-0.1, -0.05) is 43.1 Å². The van der Waals surface area contributed by atoms with Crippen molar-refractivity contribution in [2.45, 2.75) is 26.4 Å². The van der Waals surface area contributed by atoms with E-state index in [4.69, 9.17) is 33.7 Å². The molecular formula is C14H16Cl2N2O4. The Labute approximate surface area is 137 Å². The van der Waals surface area contributed by atoms with Crippen LogP contribution < -0.4 is 11.1 Å². The van der Waals surface area contributed by atoms with Crippen LogP contribution in [0.1, 0.15) is 19.4 Å². The molecule has 0 aliphatic carbocycles. The fourth-order valence-electron chi connectivity index (χ4n) is 1.71. The van der Waals surface area contributed by atoms with E-state index < -0.39 is 24.0 Å². The highest BCUT2D eigenvalue weighted by Gasteiger charge is 2.27. The Morgan fingerprint density at radius 1 is 1.23 bits per heavy atom. The molecule has 0 radical (unpaired) electrons. The molecule has 0 saturated heterocycles. The summed E-state index contributed by atoms with van der Waals surface area (Å²) in [4.78, 5) is 34.5. The zero-order chi connectivity index (χ0) is 16.9. The van der Waals surface area contributed by atoms with Crippen molar-refractivity contribution < 1.29 is 19.1 Å². The van der Waals surface area contributed by atoms with Gasteiger partial charge in [-0.2, -0.15) is 0 Å². The standard InChI is InChI=1S/C14H16Cl2N2O4/c1-7(2)12(13(20)18-14(17)21)22-11(19)6-8-9(15)4-3-5-10(8)16/h3-5,7,12H,6H2,1-2H3,(H3,17,18,20,21)/t12-/m1/s1. The van der Waals surface area contributed by atoms with E-state index >= 15 is 0 Å². The Hall–Kier alpha value is -1.79. The second-order valence-corrected chi connectivity index (χ2v) is 5.70. The molecule has 8 heteroatoms. The number of hydrogen-bond acceptors (Lipinski definition) is 4. The summed E-state index contributed by atoms with van der Waals surface area (Å²) in [7, 11) is 0. The third kappa shape index (κ3) is 5.20. The van der Waals surface area contributed by atoms with Crippen molar-refractivity contribution in [3.63, 3.8) is 0 Å². The van der Waals surface area contributed by atoms with Gasteiger partial charge in [0, 0.05) is 15.6 Å². The number of amides is 3. The minimum Gasteiger partial charge on any atom is -0.452 e. The zero-order valence-electron chi connectivity index (χ0n) is 12.1. The van der Waals surface area contributed by atoms with Crippen LogP contribution in [0.2, 0.25) is 10.0 Å². The predicted octanol–water partition coefficient (Wildman–Crippen LogP) is 2.30. The quantitative estimate of drug-likeness (QED) is 0.799. The molecule has 1 rings (SSSR count). The van der Waals surface area contributed by atoms with Gasteiger partial charge in [0.05, 0.1) is 6.42 Å². The van der Waals surface area contributed by atoms with Crippen LogP contribution in [0.4, 0.5) is 4.79 Å². The maximum absolute atomic E-state index is 12.0. The Morgan fingerprint density at radius 2 is 1.77 bits per heavy atom. The molecule has 0 spiro atoms. The van der Waals surface area contributed by atoms with E-state index in [0.29, 0.717) is 15.6 Å². The number of nitrogens with one attached hydrogen (secondary N) is 1. The molecule has 0 aliphatic rings. The summed E-state index contributed by atoms with van der Waals surface area (Å²) in [5.74, 6) is -1.81. The number of carbonyl (C=O) groups excluding carboxylic acids is 3. The van der Waals surface area contributed by atoms with Crippen molar-refractivity contribution in [2.75, 3.05) is 0 Å². The highest BCUT2D eigenvalue weighted by Crippen LogP contribution is 2.25. The largest absolute Gasteiger partial charge is 0.452 e. The van der Waals surface area contributed by atoms with Crippen LogP contribution in [0.25, 0.3) is 0 Å². The predicted molar refractivity (Wildman–Crippen MR) is 82.6 cm³/mol. The summed E-state index contributed by atoms with van der Waals surface area (Å²) in [6.45, 7) is 3.34. The molecule has 0 aliphatic heterocycles. The third-order valence-corrected chi connectivity index (χ3v) is 3.46. The van der Waals surface area contributed by atoms with Gasteiger partial charge in [0.25, 0.3) is 5.91 Å². The molecule has 22 heavy (non-hydrogen) atoms. The molecule has 0 unspecified atom stereocenters. The van der Waals surface area contributed by atoms with E-state index in [1.807, 2.05) is 5.32 Å². The third-order valence-electron chi connectivity index (χ3n) is 2.75. The van der Waals surface area contributed by atoms with E-state index in [9.17, 15) is 14.4 Å². The number of halogens is 2. The molecular weight excluding hydrogens is 331 g/mol. The first-order chi connectivity index (χ1) is 10.2. The minimum absolute atomic E-state index is 0.189. The van der Waals surface area contributed by atoms with E-state index in [0.717, 1.165) is 0 Å². The second kappa shape index (κ2) is 8.00. The molecule has 3 N–H and O–H groups in total. The van der Waals surface area contributed by atoms with Gasteiger partial charge < -0.3 is 10.5 Å². The van der Waals surface area contributed by atoms with Gasteiger partial charge in [-0.15, -0.1) is 0 Å². The highest BCUT2D eigenvalue weighted by molar-refractivity contribution is 6.36. The Balaban J connectivity index is 2.80. The van der Waals surface area contributed by atoms with E-state index in [1.165, 1.54) is 0 Å². The Morgan fingerprint density at radius 3 is 2.23 bits per heavy atom. The SMILES string of the molecule is CC(C)[C@@H](OC(=O)Cc1c(Cl)cccc1Cl)C(=O)NC(N)=O. The van der Waals surface area contributed by atoms with Crippen molar-refractivity contribution in [2.24, 2.45) is 11.7 Å². The van der Waals surface area contributed by atoms with Crippen molar-refractivity contribution in [3.05, 3.63) is 33.8 Å². The molecule has 1 aromatic rings. The topological polar surface area (TPSA) is 98.5 Å². The lowest BCUT2D eigenvalue weighted by molar-refractivity contribution is -0.157. The molecule has 6 nitrogen and oxygen atoms in total. The summed E-state index contributed by atoms with van der Waals surface area (Å²) >= 11 is 11.9. The first kappa shape index (κ1) is 18.3. The van der Waals surface area contributed by atoms with Gasteiger partial charge in [-0.25, -0.2) is 4.79 Å². The van der Waals surface area contributed by atoms with Crippen LogP contribution >= 0.6 is 23.2 Å². The molecule has 0 fully saturated rings. The fraction of sp³-hybridized carbons (Fsp3) is 0.357. The smallest absolute Gasteiger partial charge is 0.318 e. The van der Waals surface area contributed by atoms with Crippen LogP contribution in [-0.4, -0.2) is 24.0 Å². The molecule has 120 valence electrons. The number of primary amides is 1. The number of esters is 1. The lowest BCUT2D eigenvalue weighted by Gasteiger charge is -2.20. The number of ether oxygens (including phenoxy) is 1. The number of carbonyl (C=O) groups is 3. The summed E-state index contributed by atoms with van der Waals surface area (Å²) in [5.41, 5.74) is 5.29. The monoisotopic (exact) mass is 346 g/mol. The minimum atomic E-state index is -1.14. The lowest BCUT2D eigenvalue weighted by atomic mass is 10.1. The van der Waals surface area contributed by atoms with E-state index in [2.05, 4.69) is 0 Å². The fourth-order valence-corrected chi connectivity index (χ4v) is 2.24. The van der Waals surface area contributed by atoms with Crippen LogP contribution in [0.5, 0.6) is 0 Å². The van der Waals surface area contributed by atoms with Crippen molar-refractivity contribution in [1.82, 2.24) is 5.32 Å². The summed E-state index contributed by atoms with van der Waals surface area (Å²) < 4.78 is 5.11. The number of urea groups is 1. The first-order valence-corrected chi connectivity index (χ1v) is 7.20. The van der Waals surface area contributed by atoms with Gasteiger partial charge >= 0.3 is 12.0 Å². The number of imide groups is 1. The number of benzene rings is 1. The molecule has 3 amide bonds. The first-order valence-electron chi connectivity index (χ1n) is 6.45. The summed E-state index contributed by atoms with van der Waals surface area (Å²) in [6, 6.07) is 3.82. The van der Waals surface area contributed by atoms with Crippen molar-refractivity contribution >= 4 is 41.1 Å². The Bertz CT molecular complexity index is 570. The maximum atomic E-state index is 12.0. The van der Waals surface area contributed by atoms with Crippen LogP contribution in [0.3, 0.4) is 0 Å². The molecule has 0 saturated carbocycles. The van der Waals surface area contributed by atoms with Crippen molar-refractivity contribution in [3.8, 4) is 0 Å². The van der Waals surface area contributed by atoms with Crippen LogP contribution in [0.15, 0.2) is 18.2 Å². The van der Waals surface area contributed by atoms with Crippen molar-refractivity contribution in [1.29, 1.82) is 0 Å². The molecule has 0 aromatic heterocycles. The number of rotatable bonds is 5. The second-order valence-electron chi connectivity index (χ2n) is 4.88. The van der Waals surface area contributed by atoms with E-state index in [-0.39, 0.29) is 12.3 Å². The molecule has 1 aromatic carbocycles. The average molecular weight is 347 g/mol. The van der Waals surface area contributed by atoms with Crippen LogP contribution in [0, 0.1) is 5.92 Å².